The predicted octanol–water partition coefficient (Wildman–Crippen LogP) is 4.78. The molecule has 0 amide bonds. The van der Waals surface area contributed by atoms with E-state index in [9.17, 15) is 14.7 Å². The maximum absolute atomic E-state index is 12.7. The Morgan fingerprint density at radius 3 is 2.36 bits per heavy atom. The second kappa shape index (κ2) is 10.7. The molecule has 1 aromatic heterocycles. The molecule has 0 saturated heterocycles. The molecule has 9 heteroatoms. The monoisotopic (exact) mass is 506 g/mol. The molecular weight excluding hydrogens is 480 g/mol. The smallest absolute Gasteiger partial charge is 0.347 e. The molecule has 0 unspecified atom stereocenters. The Labute approximate surface area is 212 Å². The van der Waals surface area contributed by atoms with E-state index >= 15 is 0 Å². The summed E-state index contributed by atoms with van der Waals surface area (Å²) in [6.45, 7) is 3.63. The minimum Gasteiger partial charge on any atom is -0.492 e. The number of aliphatic carboxylic acids is 1. The second-order valence-electron chi connectivity index (χ2n) is 8.43. The SMILES string of the molecule is CO/N=C(\c1ccccc1)c1ccc2c(c1)sc(=O)n2CCOc1ccc(OC(C)(C)C(=O)O)cc1. The van der Waals surface area contributed by atoms with E-state index in [1.54, 1.807) is 28.8 Å². The molecule has 186 valence electrons. The van der Waals surface area contributed by atoms with Gasteiger partial charge in [-0.3, -0.25) is 9.36 Å². The Hall–Kier alpha value is -4.11. The summed E-state index contributed by atoms with van der Waals surface area (Å²) in [6, 6.07) is 22.2. The van der Waals surface area contributed by atoms with Crippen LogP contribution in [0.3, 0.4) is 0 Å². The number of benzene rings is 3. The van der Waals surface area contributed by atoms with Crippen LogP contribution in [0.5, 0.6) is 11.5 Å². The lowest BCUT2D eigenvalue weighted by Gasteiger charge is -2.21. The summed E-state index contributed by atoms with van der Waals surface area (Å²) in [6.07, 6.45) is 0. The first-order chi connectivity index (χ1) is 17.3. The van der Waals surface area contributed by atoms with Crippen LogP contribution in [0.25, 0.3) is 10.2 Å². The first-order valence-corrected chi connectivity index (χ1v) is 12.1. The Bertz CT molecular complexity index is 1440. The van der Waals surface area contributed by atoms with Crippen LogP contribution >= 0.6 is 11.3 Å². The molecule has 0 bridgehead atoms. The highest BCUT2D eigenvalue weighted by Crippen LogP contribution is 2.24. The normalized spacial score (nSPS) is 11.9. The van der Waals surface area contributed by atoms with E-state index in [2.05, 4.69) is 5.16 Å². The fourth-order valence-electron chi connectivity index (χ4n) is 3.58. The van der Waals surface area contributed by atoms with E-state index in [1.165, 1.54) is 32.3 Å². The highest BCUT2D eigenvalue weighted by Gasteiger charge is 2.29. The third-order valence-electron chi connectivity index (χ3n) is 5.47. The van der Waals surface area contributed by atoms with E-state index in [0.717, 1.165) is 21.3 Å². The maximum Gasteiger partial charge on any atom is 0.347 e. The van der Waals surface area contributed by atoms with Crippen molar-refractivity contribution in [1.29, 1.82) is 0 Å². The molecule has 36 heavy (non-hydrogen) atoms. The molecule has 0 radical (unpaired) electrons. The van der Waals surface area contributed by atoms with Gasteiger partial charge in [-0.2, -0.15) is 0 Å². The Morgan fingerprint density at radius 2 is 1.69 bits per heavy atom. The van der Waals surface area contributed by atoms with Gasteiger partial charge in [-0.1, -0.05) is 52.9 Å². The van der Waals surface area contributed by atoms with Gasteiger partial charge in [0.1, 0.15) is 30.9 Å². The third-order valence-corrected chi connectivity index (χ3v) is 6.41. The number of carboxylic acid groups (broad SMARTS) is 1. The first-order valence-electron chi connectivity index (χ1n) is 11.2. The minimum absolute atomic E-state index is 0.0738. The Morgan fingerprint density at radius 1 is 1.00 bits per heavy atom. The van der Waals surface area contributed by atoms with Crippen molar-refractivity contribution in [1.82, 2.24) is 4.57 Å². The van der Waals surface area contributed by atoms with Crippen LogP contribution in [0, 0.1) is 0 Å². The first kappa shape index (κ1) is 25.0. The van der Waals surface area contributed by atoms with Gasteiger partial charge in [-0.25, -0.2) is 4.79 Å². The number of carbonyl (C=O) groups is 1. The number of ether oxygens (including phenoxy) is 2. The van der Waals surface area contributed by atoms with E-state index in [-0.39, 0.29) is 11.5 Å². The number of fused-ring (bicyclic) bond motifs is 1. The molecule has 0 saturated carbocycles. The molecule has 0 aliphatic heterocycles. The average Bonchev–Trinajstić information content (AvgIpc) is 3.18. The van der Waals surface area contributed by atoms with Crippen molar-refractivity contribution in [3.05, 3.63) is 93.6 Å². The Kier molecular flexibility index (Phi) is 7.40. The van der Waals surface area contributed by atoms with Crippen molar-refractivity contribution in [3.8, 4) is 11.5 Å². The number of thiazole rings is 1. The average molecular weight is 507 g/mol. The van der Waals surface area contributed by atoms with Crippen LogP contribution in [0.15, 0.2) is 82.7 Å². The van der Waals surface area contributed by atoms with Crippen LogP contribution < -0.4 is 14.3 Å². The summed E-state index contributed by atoms with van der Waals surface area (Å²) in [5.74, 6) is -0.0308. The summed E-state index contributed by atoms with van der Waals surface area (Å²) in [5, 5.41) is 13.4. The van der Waals surface area contributed by atoms with E-state index in [4.69, 9.17) is 14.3 Å². The molecule has 0 aliphatic rings. The van der Waals surface area contributed by atoms with Gasteiger partial charge in [0.05, 0.1) is 16.8 Å². The quantitative estimate of drug-likeness (QED) is 0.245. The van der Waals surface area contributed by atoms with Crippen molar-refractivity contribution in [3.63, 3.8) is 0 Å². The highest BCUT2D eigenvalue weighted by molar-refractivity contribution is 7.16. The zero-order valence-corrected chi connectivity index (χ0v) is 21.0. The van der Waals surface area contributed by atoms with Crippen molar-refractivity contribution >= 4 is 33.2 Å². The lowest BCUT2D eigenvalue weighted by Crippen LogP contribution is -2.37. The number of hydrogen-bond acceptors (Lipinski definition) is 7. The van der Waals surface area contributed by atoms with E-state index in [1.807, 2.05) is 48.5 Å². The van der Waals surface area contributed by atoms with Crippen molar-refractivity contribution < 1.29 is 24.2 Å². The molecule has 0 spiro atoms. The van der Waals surface area contributed by atoms with Crippen LogP contribution in [-0.4, -0.2) is 40.7 Å². The summed E-state index contributed by atoms with van der Waals surface area (Å²) in [4.78, 5) is 28.9. The number of aromatic nitrogens is 1. The number of carboxylic acids is 1. The van der Waals surface area contributed by atoms with Gasteiger partial charge < -0.3 is 19.4 Å². The van der Waals surface area contributed by atoms with Crippen LogP contribution in [0.4, 0.5) is 0 Å². The number of oxime groups is 1. The zero-order valence-electron chi connectivity index (χ0n) is 20.1. The maximum atomic E-state index is 12.7. The van der Waals surface area contributed by atoms with Gasteiger partial charge in [0, 0.05) is 11.1 Å². The zero-order chi connectivity index (χ0) is 25.7. The molecule has 0 fully saturated rings. The van der Waals surface area contributed by atoms with Crippen LogP contribution in [0.1, 0.15) is 25.0 Å². The second-order valence-corrected chi connectivity index (χ2v) is 9.42. The summed E-state index contributed by atoms with van der Waals surface area (Å²) >= 11 is 1.17. The van der Waals surface area contributed by atoms with Gasteiger partial charge in [-0.15, -0.1) is 0 Å². The molecule has 1 N–H and O–H groups in total. The van der Waals surface area contributed by atoms with Crippen LogP contribution in [-0.2, 0) is 16.2 Å². The van der Waals surface area contributed by atoms with Crippen molar-refractivity contribution in [2.24, 2.45) is 5.16 Å². The standard InChI is InChI=1S/C27H26N2O6S/c1-27(2,25(30)31)35-21-12-10-20(11-13-21)34-16-15-29-22-14-9-19(17-23(22)36-26(29)32)24(28-33-3)18-7-5-4-6-8-18/h4-14,17H,15-16H2,1-3H3,(H,30,31)/b28-24+. The fraction of sp³-hybridized carbons (Fsp3) is 0.222. The highest BCUT2D eigenvalue weighted by atomic mass is 32.1. The summed E-state index contributed by atoms with van der Waals surface area (Å²) in [5.41, 5.74) is 1.95. The molecule has 0 aliphatic carbocycles. The number of nitrogens with zero attached hydrogens (tertiary/aromatic N) is 2. The van der Waals surface area contributed by atoms with Crippen molar-refractivity contribution in [2.45, 2.75) is 26.0 Å². The molecule has 1 heterocycles. The predicted molar refractivity (Wildman–Crippen MR) is 139 cm³/mol. The summed E-state index contributed by atoms with van der Waals surface area (Å²) < 4.78 is 13.8. The number of hydrogen-bond donors (Lipinski definition) is 1. The Balaban J connectivity index is 1.46. The van der Waals surface area contributed by atoms with Gasteiger partial charge in [0.15, 0.2) is 5.60 Å². The van der Waals surface area contributed by atoms with E-state index in [0.29, 0.717) is 23.8 Å². The van der Waals surface area contributed by atoms with Crippen LogP contribution in [0.2, 0.25) is 0 Å². The molecule has 3 aromatic carbocycles. The van der Waals surface area contributed by atoms with Gasteiger partial charge >= 0.3 is 10.8 Å². The molecule has 4 aromatic rings. The molecule has 0 atom stereocenters. The van der Waals surface area contributed by atoms with Crippen molar-refractivity contribution in [2.75, 3.05) is 13.7 Å². The van der Waals surface area contributed by atoms with Gasteiger partial charge in [-0.05, 0) is 50.2 Å². The minimum atomic E-state index is -1.33. The molecule has 8 nitrogen and oxygen atoms in total. The lowest BCUT2D eigenvalue weighted by atomic mass is 10.0. The third kappa shape index (κ3) is 5.58. The largest absolute Gasteiger partial charge is 0.492 e. The lowest BCUT2D eigenvalue weighted by molar-refractivity contribution is -0.152. The molecule has 4 rings (SSSR count). The summed E-state index contributed by atoms with van der Waals surface area (Å²) in [7, 11) is 1.51. The van der Waals surface area contributed by atoms with Gasteiger partial charge in [0.25, 0.3) is 0 Å². The molecular formula is C27H26N2O6S. The fourth-order valence-corrected chi connectivity index (χ4v) is 4.54. The topological polar surface area (TPSA) is 99.4 Å². The van der Waals surface area contributed by atoms with E-state index < -0.39 is 11.6 Å². The number of rotatable bonds is 10. The van der Waals surface area contributed by atoms with Gasteiger partial charge in [0.2, 0.25) is 0 Å².